The third-order valence-corrected chi connectivity index (χ3v) is 5.20. The van der Waals surface area contributed by atoms with Crippen molar-refractivity contribution in [3.63, 3.8) is 0 Å². The summed E-state index contributed by atoms with van der Waals surface area (Å²) in [5.74, 6) is 0.124. The maximum Gasteiger partial charge on any atom is 0.409 e. The van der Waals surface area contributed by atoms with Crippen LogP contribution in [0.25, 0.3) is 0 Å². The summed E-state index contributed by atoms with van der Waals surface area (Å²) in [7, 11) is 0. The number of hydrogen-bond donors (Lipinski definition) is 0. The molecule has 0 saturated carbocycles. The minimum atomic E-state index is -0.293. The molecule has 0 aromatic heterocycles. The first-order chi connectivity index (χ1) is 12.1. The fraction of sp³-hybridized carbons (Fsp3) is 0.579. The van der Waals surface area contributed by atoms with Crippen molar-refractivity contribution in [3.05, 3.63) is 29.3 Å². The Morgan fingerprint density at radius 1 is 1.12 bits per heavy atom. The summed E-state index contributed by atoms with van der Waals surface area (Å²) < 4.78 is 5.01. The Bertz CT molecular complexity index is 639. The number of hydrogen-bond acceptors (Lipinski definition) is 4. The number of rotatable bonds is 4. The SMILES string of the molecule is Cc1cccc(N2CCN(C(=O)CCN3CCCOC3=O)CC2)c1C. The van der Waals surface area contributed by atoms with Crippen LogP contribution in [0.5, 0.6) is 0 Å². The van der Waals surface area contributed by atoms with Crippen molar-refractivity contribution < 1.29 is 14.3 Å². The van der Waals surface area contributed by atoms with E-state index in [1.807, 2.05) is 4.90 Å². The summed E-state index contributed by atoms with van der Waals surface area (Å²) in [5, 5.41) is 0. The molecule has 0 radical (unpaired) electrons. The number of cyclic esters (lactones) is 1. The Kier molecular flexibility index (Phi) is 5.46. The highest BCUT2D eigenvalue weighted by atomic mass is 16.6. The van der Waals surface area contributed by atoms with Crippen molar-refractivity contribution in [3.8, 4) is 0 Å². The number of amides is 2. The van der Waals surface area contributed by atoms with Crippen LogP contribution in [-0.2, 0) is 9.53 Å². The molecule has 2 aliphatic rings. The molecule has 6 heteroatoms. The van der Waals surface area contributed by atoms with Crippen LogP contribution >= 0.6 is 0 Å². The maximum atomic E-state index is 12.4. The normalized spacial score (nSPS) is 18.3. The molecule has 136 valence electrons. The molecule has 1 aromatic rings. The summed E-state index contributed by atoms with van der Waals surface area (Å²) in [6.45, 7) is 9.08. The van der Waals surface area contributed by atoms with Crippen molar-refractivity contribution >= 4 is 17.7 Å². The van der Waals surface area contributed by atoms with Crippen molar-refractivity contribution in [2.45, 2.75) is 26.7 Å². The summed E-state index contributed by atoms with van der Waals surface area (Å²) in [6.07, 6.45) is 0.923. The van der Waals surface area contributed by atoms with Gasteiger partial charge >= 0.3 is 6.09 Å². The molecule has 2 amide bonds. The summed E-state index contributed by atoms with van der Waals surface area (Å²) in [6, 6.07) is 6.37. The van der Waals surface area contributed by atoms with E-state index in [1.54, 1.807) is 4.90 Å². The summed E-state index contributed by atoms with van der Waals surface area (Å²) >= 11 is 0. The quantitative estimate of drug-likeness (QED) is 0.839. The molecule has 0 unspecified atom stereocenters. The highest BCUT2D eigenvalue weighted by molar-refractivity contribution is 5.77. The van der Waals surface area contributed by atoms with Gasteiger partial charge in [0.25, 0.3) is 0 Å². The van der Waals surface area contributed by atoms with Gasteiger partial charge in [-0.15, -0.1) is 0 Å². The zero-order chi connectivity index (χ0) is 17.8. The zero-order valence-electron chi connectivity index (χ0n) is 15.2. The van der Waals surface area contributed by atoms with Gasteiger partial charge in [-0.1, -0.05) is 12.1 Å². The van der Waals surface area contributed by atoms with Crippen molar-refractivity contribution in [2.75, 3.05) is 50.8 Å². The molecule has 2 aliphatic heterocycles. The van der Waals surface area contributed by atoms with E-state index in [1.165, 1.54) is 16.8 Å². The number of carbonyl (C=O) groups excluding carboxylic acids is 2. The molecule has 6 nitrogen and oxygen atoms in total. The topological polar surface area (TPSA) is 53.1 Å². The van der Waals surface area contributed by atoms with Crippen molar-refractivity contribution in [2.24, 2.45) is 0 Å². The number of ether oxygens (including phenoxy) is 1. The molecule has 0 spiro atoms. The highest BCUT2D eigenvalue weighted by Gasteiger charge is 2.24. The summed E-state index contributed by atoms with van der Waals surface area (Å²) in [4.78, 5) is 30.0. The van der Waals surface area contributed by atoms with Gasteiger partial charge in [0.2, 0.25) is 5.91 Å². The number of benzene rings is 1. The van der Waals surface area contributed by atoms with Crippen LogP contribution in [0.15, 0.2) is 18.2 Å². The molecular formula is C19H27N3O3. The highest BCUT2D eigenvalue weighted by Crippen LogP contribution is 2.24. The van der Waals surface area contributed by atoms with E-state index < -0.39 is 0 Å². The van der Waals surface area contributed by atoms with Gasteiger partial charge in [0.1, 0.15) is 0 Å². The van der Waals surface area contributed by atoms with E-state index in [9.17, 15) is 9.59 Å². The molecule has 2 saturated heterocycles. The van der Waals surface area contributed by atoms with Crippen LogP contribution in [0.3, 0.4) is 0 Å². The molecular weight excluding hydrogens is 318 g/mol. The van der Waals surface area contributed by atoms with Gasteiger partial charge in [-0.2, -0.15) is 0 Å². The third-order valence-electron chi connectivity index (χ3n) is 5.20. The first kappa shape index (κ1) is 17.6. The van der Waals surface area contributed by atoms with E-state index in [-0.39, 0.29) is 12.0 Å². The Labute approximate surface area is 149 Å². The number of carbonyl (C=O) groups is 2. The van der Waals surface area contributed by atoms with Gasteiger partial charge in [0, 0.05) is 51.4 Å². The van der Waals surface area contributed by atoms with Crippen LogP contribution in [0.1, 0.15) is 24.0 Å². The lowest BCUT2D eigenvalue weighted by molar-refractivity contribution is -0.131. The monoisotopic (exact) mass is 345 g/mol. The second-order valence-electron chi connectivity index (χ2n) is 6.79. The zero-order valence-corrected chi connectivity index (χ0v) is 15.2. The molecule has 2 fully saturated rings. The molecule has 0 atom stereocenters. The Morgan fingerprint density at radius 3 is 2.60 bits per heavy atom. The minimum absolute atomic E-state index is 0.124. The molecule has 1 aromatic carbocycles. The first-order valence-corrected chi connectivity index (χ1v) is 9.07. The molecule has 0 aliphatic carbocycles. The van der Waals surface area contributed by atoms with Crippen LogP contribution in [0.4, 0.5) is 10.5 Å². The van der Waals surface area contributed by atoms with E-state index in [0.29, 0.717) is 26.1 Å². The minimum Gasteiger partial charge on any atom is -0.449 e. The van der Waals surface area contributed by atoms with E-state index in [4.69, 9.17) is 4.74 Å². The third kappa shape index (κ3) is 4.06. The smallest absolute Gasteiger partial charge is 0.409 e. The van der Waals surface area contributed by atoms with Gasteiger partial charge in [0.15, 0.2) is 0 Å². The van der Waals surface area contributed by atoms with Crippen LogP contribution < -0.4 is 4.90 Å². The average molecular weight is 345 g/mol. The molecule has 2 heterocycles. The fourth-order valence-electron chi connectivity index (χ4n) is 3.46. The predicted octanol–water partition coefficient (Wildman–Crippen LogP) is 2.18. The van der Waals surface area contributed by atoms with Gasteiger partial charge in [0.05, 0.1) is 6.61 Å². The Hall–Kier alpha value is -2.24. The van der Waals surface area contributed by atoms with Gasteiger partial charge in [-0.25, -0.2) is 4.79 Å². The Balaban J connectivity index is 1.49. The Morgan fingerprint density at radius 2 is 1.88 bits per heavy atom. The largest absolute Gasteiger partial charge is 0.449 e. The molecule has 0 bridgehead atoms. The van der Waals surface area contributed by atoms with E-state index in [2.05, 4.69) is 36.9 Å². The van der Waals surface area contributed by atoms with E-state index >= 15 is 0 Å². The second-order valence-corrected chi connectivity index (χ2v) is 6.79. The number of anilines is 1. The number of aryl methyl sites for hydroxylation is 1. The lowest BCUT2D eigenvalue weighted by atomic mass is 10.1. The van der Waals surface area contributed by atoms with Gasteiger partial charge in [-0.3, -0.25) is 4.79 Å². The first-order valence-electron chi connectivity index (χ1n) is 9.07. The lowest BCUT2D eigenvalue weighted by Gasteiger charge is -2.37. The van der Waals surface area contributed by atoms with Gasteiger partial charge in [-0.05, 0) is 37.5 Å². The van der Waals surface area contributed by atoms with Crippen LogP contribution in [-0.4, -0.2) is 67.7 Å². The lowest BCUT2D eigenvalue weighted by Crippen LogP contribution is -2.49. The van der Waals surface area contributed by atoms with Crippen molar-refractivity contribution in [1.82, 2.24) is 9.80 Å². The number of piperazine rings is 1. The average Bonchev–Trinajstić information content (AvgIpc) is 2.63. The van der Waals surface area contributed by atoms with Crippen LogP contribution in [0, 0.1) is 13.8 Å². The molecule has 3 rings (SSSR count). The van der Waals surface area contributed by atoms with Gasteiger partial charge < -0.3 is 19.4 Å². The van der Waals surface area contributed by atoms with Crippen molar-refractivity contribution in [1.29, 1.82) is 0 Å². The fourth-order valence-corrected chi connectivity index (χ4v) is 3.46. The predicted molar refractivity (Wildman–Crippen MR) is 96.9 cm³/mol. The summed E-state index contributed by atoms with van der Waals surface area (Å²) in [5.41, 5.74) is 3.87. The molecule has 0 N–H and O–H groups in total. The van der Waals surface area contributed by atoms with E-state index in [0.717, 1.165) is 32.6 Å². The molecule has 25 heavy (non-hydrogen) atoms. The maximum absolute atomic E-state index is 12.4. The number of nitrogens with zero attached hydrogens (tertiary/aromatic N) is 3. The van der Waals surface area contributed by atoms with Crippen LogP contribution in [0.2, 0.25) is 0 Å². The second kappa shape index (κ2) is 7.76. The standard InChI is InChI=1S/C19H27N3O3/c1-15-5-3-6-17(16(15)2)20-10-12-21(13-11-20)18(23)7-9-22-8-4-14-25-19(22)24/h3,5-6H,4,7-14H2,1-2H3.